The Bertz CT molecular complexity index is 833. The molecule has 0 spiro atoms. The molecule has 0 bridgehead atoms. The maximum atomic E-state index is 12.9. The molecule has 0 fully saturated rings. The Hall–Kier alpha value is -2.53. The molecule has 0 saturated carbocycles. The molecule has 1 unspecified atom stereocenters. The maximum Gasteiger partial charge on any atom is 0.338 e. The lowest BCUT2D eigenvalue weighted by atomic mass is 10.1. The van der Waals surface area contributed by atoms with Gasteiger partial charge < -0.3 is 9.64 Å². The van der Waals surface area contributed by atoms with Crippen molar-refractivity contribution in [1.29, 1.82) is 0 Å². The number of carbonyl (C=O) groups excluding carboxylic acids is 2. The number of nitrogens with zero attached hydrogens (tertiary/aromatic N) is 1. The SMILES string of the molecule is CCN1C(=O)C(c2ccccc2)SC(CCOC(=O)c2ccccc2)=C1C. The monoisotopic (exact) mass is 381 g/mol. The third-order valence-corrected chi connectivity index (χ3v) is 6.04. The first-order valence-corrected chi connectivity index (χ1v) is 9.94. The zero-order valence-corrected chi connectivity index (χ0v) is 16.4. The Balaban J connectivity index is 1.70. The summed E-state index contributed by atoms with van der Waals surface area (Å²) in [5.74, 6) is -0.214. The summed E-state index contributed by atoms with van der Waals surface area (Å²) in [6, 6.07) is 18.8. The molecule has 1 aliphatic heterocycles. The normalized spacial score (nSPS) is 17.2. The number of esters is 1. The fraction of sp³-hybridized carbons (Fsp3) is 0.273. The van der Waals surface area contributed by atoms with Gasteiger partial charge in [-0.25, -0.2) is 4.79 Å². The maximum absolute atomic E-state index is 12.9. The first kappa shape index (κ1) is 19.2. The van der Waals surface area contributed by atoms with E-state index in [1.807, 2.05) is 67.3 Å². The quantitative estimate of drug-likeness (QED) is 0.674. The van der Waals surface area contributed by atoms with Crippen LogP contribution >= 0.6 is 11.8 Å². The fourth-order valence-corrected chi connectivity index (χ4v) is 4.39. The second-order valence-electron chi connectivity index (χ2n) is 6.25. The first-order chi connectivity index (χ1) is 13.1. The van der Waals surface area contributed by atoms with Crippen molar-refractivity contribution in [2.24, 2.45) is 0 Å². The van der Waals surface area contributed by atoms with E-state index in [4.69, 9.17) is 4.74 Å². The number of amides is 1. The number of benzene rings is 2. The number of hydrogen-bond acceptors (Lipinski definition) is 4. The highest BCUT2D eigenvalue weighted by Gasteiger charge is 2.33. The molecule has 2 aromatic carbocycles. The minimum absolute atomic E-state index is 0.108. The number of rotatable bonds is 6. The number of allylic oxidation sites excluding steroid dienone is 1. The van der Waals surface area contributed by atoms with Gasteiger partial charge in [0.2, 0.25) is 5.91 Å². The topological polar surface area (TPSA) is 46.6 Å². The minimum Gasteiger partial charge on any atom is -0.462 e. The van der Waals surface area contributed by atoms with Crippen LogP contribution in [-0.4, -0.2) is 29.9 Å². The average Bonchev–Trinajstić information content (AvgIpc) is 2.71. The molecule has 3 rings (SSSR count). The van der Waals surface area contributed by atoms with Gasteiger partial charge in [-0.3, -0.25) is 4.79 Å². The summed E-state index contributed by atoms with van der Waals surface area (Å²) >= 11 is 1.56. The van der Waals surface area contributed by atoms with Gasteiger partial charge in [0.25, 0.3) is 0 Å². The molecule has 5 heteroatoms. The van der Waals surface area contributed by atoms with Crippen LogP contribution < -0.4 is 0 Å². The van der Waals surface area contributed by atoms with Crippen LogP contribution in [0.2, 0.25) is 0 Å². The molecule has 0 N–H and O–H groups in total. The average molecular weight is 381 g/mol. The molecule has 0 aromatic heterocycles. The van der Waals surface area contributed by atoms with Crippen LogP contribution in [0.15, 0.2) is 71.3 Å². The first-order valence-electron chi connectivity index (χ1n) is 9.06. The largest absolute Gasteiger partial charge is 0.462 e. The summed E-state index contributed by atoms with van der Waals surface area (Å²) in [6.45, 7) is 4.86. The van der Waals surface area contributed by atoms with Crippen LogP contribution in [-0.2, 0) is 9.53 Å². The van der Waals surface area contributed by atoms with Crippen molar-refractivity contribution in [2.45, 2.75) is 25.5 Å². The standard InChI is InChI=1S/C22H23NO3S/c1-3-23-16(2)19(14-15-26-22(25)18-12-8-5-9-13-18)27-20(21(23)24)17-10-6-4-7-11-17/h4-13,20H,3,14-15H2,1-2H3. The smallest absolute Gasteiger partial charge is 0.338 e. The lowest BCUT2D eigenvalue weighted by Gasteiger charge is -2.34. The van der Waals surface area contributed by atoms with E-state index >= 15 is 0 Å². The molecule has 2 aromatic rings. The summed E-state index contributed by atoms with van der Waals surface area (Å²) < 4.78 is 5.43. The molecule has 0 aliphatic carbocycles. The summed E-state index contributed by atoms with van der Waals surface area (Å²) in [6.07, 6.45) is 0.599. The van der Waals surface area contributed by atoms with E-state index in [0.717, 1.165) is 16.2 Å². The van der Waals surface area contributed by atoms with E-state index in [1.165, 1.54) is 0 Å². The van der Waals surface area contributed by atoms with Crippen LogP contribution in [0.25, 0.3) is 0 Å². The van der Waals surface area contributed by atoms with Crippen molar-refractivity contribution in [3.8, 4) is 0 Å². The van der Waals surface area contributed by atoms with E-state index in [0.29, 0.717) is 25.1 Å². The number of thioether (sulfide) groups is 1. The van der Waals surface area contributed by atoms with Gasteiger partial charge in [0, 0.05) is 23.6 Å². The molecule has 1 aliphatic rings. The zero-order valence-electron chi connectivity index (χ0n) is 15.6. The van der Waals surface area contributed by atoms with Crippen LogP contribution in [0.3, 0.4) is 0 Å². The highest BCUT2D eigenvalue weighted by molar-refractivity contribution is 8.04. The summed E-state index contributed by atoms with van der Waals surface area (Å²) in [5, 5.41) is -0.255. The van der Waals surface area contributed by atoms with Crippen molar-refractivity contribution < 1.29 is 14.3 Å². The summed E-state index contributed by atoms with van der Waals surface area (Å²) in [7, 11) is 0. The molecule has 140 valence electrons. The van der Waals surface area contributed by atoms with Crippen molar-refractivity contribution >= 4 is 23.6 Å². The summed E-state index contributed by atoms with van der Waals surface area (Å²) in [5.41, 5.74) is 2.50. The van der Waals surface area contributed by atoms with Crippen molar-refractivity contribution in [1.82, 2.24) is 4.90 Å². The van der Waals surface area contributed by atoms with Crippen LogP contribution in [0, 0.1) is 0 Å². The zero-order chi connectivity index (χ0) is 19.2. The van der Waals surface area contributed by atoms with Crippen molar-refractivity contribution in [2.75, 3.05) is 13.2 Å². The predicted molar refractivity (Wildman–Crippen MR) is 108 cm³/mol. The second-order valence-corrected chi connectivity index (χ2v) is 7.45. The number of carbonyl (C=O) groups is 2. The van der Waals surface area contributed by atoms with Gasteiger partial charge in [-0.2, -0.15) is 0 Å². The lowest BCUT2D eigenvalue weighted by molar-refractivity contribution is -0.128. The lowest BCUT2D eigenvalue weighted by Crippen LogP contribution is -2.36. The van der Waals surface area contributed by atoms with E-state index < -0.39 is 0 Å². The number of hydrogen-bond donors (Lipinski definition) is 0. The van der Waals surface area contributed by atoms with Gasteiger partial charge in [-0.1, -0.05) is 48.5 Å². The Labute approximate surface area is 164 Å². The Kier molecular flexibility index (Phi) is 6.35. The number of likely N-dealkylation sites (N-methyl/N-ethyl adjacent to an activating group) is 1. The fourth-order valence-electron chi connectivity index (χ4n) is 3.10. The van der Waals surface area contributed by atoms with Crippen molar-refractivity contribution in [3.63, 3.8) is 0 Å². The van der Waals surface area contributed by atoms with E-state index in [1.54, 1.807) is 23.9 Å². The molecule has 0 radical (unpaired) electrons. The Morgan fingerprint density at radius 1 is 1.07 bits per heavy atom. The highest BCUT2D eigenvalue weighted by Crippen LogP contribution is 2.44. The van der Waals surface area contributed by atoms with E-state index in [-0.39, 0.29) is 17.1 Å². The second kappa shape index (κ2) is 8.91. The third-order valence-electron chi connectivity index (χ3n) is 4.55. The van der Waals surface area contributed by atoms with Gasteiger partial charge in [0.15, 0.2) is 0 Å². The van der Waals surface area contributed by atoms with Crippen LogP contribution in [0.4, 0.5) is 0 Å². The van der Waals surface area contributed by atoms with Gasteiger partial charge in [-0.15, -0.1) is 11.8 Å². The van der Waals surface area contributed by atoms with E-state index in [2.05, 4.69) is 0 Å². The van der Waals surface area contributed by atoms with Crippen LogP contribution in [0.5, 0.6) is 0 Å². The molecule has 1 amide bonds. The predicted octanol–water partition coefficient (Wildman–Crippen LogP) is 4.80. The number of ether oxygens (including phenoxy) is 1. The van der Waals surface area contributed by atoms with Crippen molar-refractivity contribution in [3.05, 3.63) is 82.4 Å². The molecule has 1 heterocycles. The summed E-state index contributed by atoms with van der Waals surface area (Å²) in [4.78, 5) is 27.9. The van der Waals surface area contributed by atoms with Gasteiger partial charge >= 0.3 is 5.97 Å². The molecule has 0 saturated heterocycles. The third kappa shape index (κ3) is 4.42. The van der Waals surface area contributed by atoms with Gasteiger partial charge in [-0.05, 0) is 31.5 Å². The van der Waals surface area contributed by atoms with E-state index in [9.17, 15) is 9.59 Å². The molecular weight excluding hydrogens is 358 g/mol. The van der Waals surface area contributed by atoms with Gasteiger partial charge in [0.05, 0.1) is 12.2 Å². The highest BCUT2D eigenvalue weighted by atomic mass is 32.2. The van der Waals surface area contributed by atoms with Gasteiger partial charge in [0.1, 0.15) is 5.25 Å². The Morgan fingerprint density at radius 2 is 1.70 bits per heavy atom. The molecule has 1 atom stereocenters. The molecular formula is C22H23NO3S. The minimum atomic E-state index is -0.322. The Morgan fingerprint density at radius 3 is 2.33 bits per heavy atom. The van der Waals surface area contributed by atoms with Crippen LogP contribution in [0.1, 0.15) is 41.4 Å². The molecule has 4 nitrogen and oxygen atoms in total. The molecule has 27 heavy (non-hydrogen) atoms.